The van der Waals surface area contributed by atoms with Crippen molar-refractivity contribution in [2.24, 2.45) is 0 Å². The first-order valence-corrected chi connectivity index (χ1v) is 6.18. The minimum atomic E-state index is -1.69. The molecule has 1 fully saturated rings. The van der Waals surface area contributed by atoms with Crippen LogP contribution in [0.1, 0.15) is 12.6 Å². The van der Waals surface area contributed by atoms with E-state index >= 15 is 0 Å². The van der Waals surface area contributed by atoms with Crippen LogP contribution in [0, 0.1) is 0 Å². The lowest BCUT2D eigenvalue weighted by molar-refractivity contribution is -0.0780. The minimum Gasteiger partial charge on any atom is -0.394 e. The Morgan fingerprint density at radius 1 is 1.55 bits per heavy atom. The van der Waals surface area contributed by atoms with Gasteiger partial charge in [-0.15, -0.1) is 0 Å². The number of anilines is 1. The number of alkyl halides is 1. The molecule has 2 aromatic rings. The van der Waals surface area contributed by atoms with Crippen LogP contribution in [-0.2, 0) is 10.3 Å². The van der Waals surface area contributed by atoms with Gasteiger partial charge in [-0.2, -0.15) is 5.10 Å². The summed E-state index contributed by atoms with van der Waals surface area (Å²) in [5.74, 6) is 0.266. The number of nitrogens with two attached hydrogens (primary N) is 1. The Balaban J connectivity index is 2.13. The topological polar surface area (TPSA) is 106 Å². The molecule has 0 aliphatic carbocycles. The number of fused-ring (bicyclic) bond motifs is 1. The van der Waals surface area contributed by atoms with Crippen molar-refractivity contribution in [3.05, 3.63) is 24.2 Å². The Bertz CT molecular complexity index is 649. The number of aliphatic hydroxyl groups is 2. The van der Waals surface area contributed by atoms with Gasteiger partial charge in [0.05, 0.1) is 12.3 Å². The number of nitrogens with zero attached hydrogens (tertiary/aromatic N) is 3. The number of hydrogen-bond donors (Lipinski definition) is 3. The van der Waals surface area contributed by atoms with Gasteiger partial charge in [-0.3, -0.25) is 0 Å². The summed E-state index contributed by atoms with van der Waals surface area (Å²) in [4.78, 5) is 3.86. The second-order valence-corrected chi connectivity index (χ2v) is 5.00. The monoisotopic (exact) mass is 282 g/mol. The highest BCUT2D eigenvalue weighted by Crippen LogP contribution is 2.41. The molecular weight excluding hydrogens is 267 g/mol. The van der Waals surface area contributed by atoms with E-state index in [1.807, 2.05) is 0 Å². The van der Waals surface area contributed by atoms with Gasteiger partial charge in [0.15, 0.2) is 12.0 Å². The van der Waals surface area contributed by atoms with Crippen LogP contribution in [0.2, 0.25) is 0 Å². The standard InChI is InChI=1S/C12H15FN4O3/c1-12(10(13)9(19)7(4-18)20-12)8-3-2-6-11(14)15-5-16-17(6)8/h2-3,5,7,9-10,18-19H,4H2,1H3,(H2,14,15,16)/t7?,9-,10-,12-/m1/s1. The molecule has 8 heteroatoms. The maximum Gasteiger partial charge on any atom is 0.163 e. The van der Waals surface area contributed by atoms with Crippen LogP contribution in [0.4, 0.5) is 10.2 Å². The van der Waals surface area contributed by atoms with E-state index in [9.17, 15) is 9.50 Å². The Morgan fingerprint density at radius 3 is 2.95 bits per heavy atom. The van der Waals surface area contributed by atoms with E-state index in [0.29, 0.717) is 11.2 Å². The highest BCUT2D eigenvalue weighted by molar-refractivity contribution is 5.65. The number of halogens is 1. The number of aliphatic hydroxyl groups excluding tert-OH is 2. The van der Waals surface area contributed by atoms with Crippen LogP contribution in [0.25, 0.3) is 5.52 Å². The molecule has 4 atom stereocenters. The van der Waals surface area contributed by atoms with Gasteiger partial charge >= 0.3 is 0 Å². The van der Waals surface area contributed by atoms with Gasteiger partial charge in [-0.05, 0) is 19.1 Å². The van der Waals surface area contributed by atoms with Crippen molar-refractivity contribution in [3.8, 4) is 0 Å². The third kappa shape index (κ3) is 1.62. The Kier molecular flexibility index (Phi) is 2.89. The van der Waals surface area contributed by atoms with Gasteiger partial charge in [-0.1, -0.05) is 0 Å². The fraction of sp³-hybridized carbons (Fsp3) is 0.500. The van der Waals surface area contributed by atoms with Gasteiger partial charge in [0.1, 0.15) is 29.7 Å². The quantitative estimate of drug-likeness (QED) is 0.693. The second kappa shape index (κ2) is 4.37. The average Bonchev–Trinajstić information content (AvgIpc) is 2.96. The molecule has 1 aliphatic rings. The average molecular weight is 282 g/mol. The predicted octanol–water partition coefficient (Wildman–Crippen LogP) is -0.383. The zero-order chi connectivity index (χ0) is 14.5. The molecule has 1 aliphatic heterocycles. The lowest BCUT2D eigenvalue weighted by Gasteiger charge is -2.25. The largest absolute Gasteiger partial charge is 0.394 e. The van der Waals surface area contributed by atoms with Gasteiger partial charge in [0, 0.05) is 0 Å². The molecule has 3 heterocycles. The Labute approximate surface area is 113 Å². The first kappa shape index (κ1) is 13.2. The molecule has 1 unspecified atom stereocenters. The smallest absolute Gasteiger partial charge is 0.163 e. The number of nitrogen functional groups attached to an aromatic ring is 1. The number of ether oxygens (including phenoxy) is 1. The molecule has 1 saturated heterocycles. The highest BCUT2D eigenvalue weighted by Gasteiger charge is 2.54. The van der Waals surface area contributed by atoms with E-state index in [1.54, 1.807) is 12.1 Å². The van der Waals surface area contributed by atoms with E-state index in [2.05, 4.69) is 10.1 Å². The molecule has 0 bridgehead atoms. The SMILES string of the molecule is C[C@]1(c2ccc3c(N)ncnn23)OC(CO)[C@@H](O)[C@H]1F. The highest BCUT2D eigenvalue weighted by atomic mass is 19.1. The predicted molar refractivity (Wildman–Crippen MR) is 67.6 cm³/mol. The Hall–Kier alpha value is -1.77. The zero-order valence-corrected chi connectivity index (χ0v) is 10.8. The summed E-state index contributed by atoms with van der Waals surface area (Å²) in [6.45, 7) is 1.05. The molecule has 0 radical (unpaired) electrons. The van der Waals surface area contributed by atoms with Crippen LogP contribution in [-0.4, -0.2) is 49.8 Å². The molecule has 2 aromatic heterocycles. The molecule has 0 spiro atoms. The van der Waals surface area contributed by atoms with E-state index in [0.717, 1.165) is 0 Å². The van der Waals surface area contributed by atoms with Crippen molar-refractivity contribution in [1.29, 1.82) is 0 Å². The van der Waals surface area contributed by atoms with E-state index in [4.69, 9.17) is 15.6 Å². The van der Waals surface area contributed by atoms with Gasteiger partial charge in [0.2, 0.25) is 0 Å². The summed E-state index contributed by atoms with van der Waals surface area (Å²) in [5.41, 5.74) is 5.25. The van der Waals surface area contributed by atoms with Crippen molar-refractivity contribution in [1.82, 2.24) is 14.6 Å². The van der Waals surface area contributed by atoms with E-state index in [1.165, 1.54) is 17.8 Å². The number of rotatable bonds is 2. The van der Waals surface area contributed by atoms with Gasteiger partial charge in [0.25, 0.3) is 0 Å². The first-order chi connectivity index (χ1) is 9.49. The van der Waals surface area contributed by atoms with Crippen LogP contribution >= 0.6 is 0 Å². The molecule has 20 heavy (non-hydrogen) atoms. The molecule has 0 saturated carbocycles. The van der Waals surface area contributed by atoms with Crippen molar-refractivity contribution < 1.29 is 19.3 Å². The normalized spacial score (nSPS) is 33.9. The van der Waals surface area contributed by atoms with E-state index < -0.39 is 30.6 Å². The third-order valence-electron chi connectivity index (χ3n) is 3.77. The molecular formula is C12H15FN4O3. The third-order valence-corrected chi connectivity index (χ3v) is 3.77. The van der Waals surface area contributed by atoms with Crippen molar-refractivity contribution in [3.63, 3.8) is 0 Å². The molecule has 0 aromatic carbocycles. The van der Waals surface area contributed by atoms with Crippen LogP contribution in [0.5, 0.6) is 0 Å². The molecule has 108 valence electrons. The van der Waals surface area contributed by atoms with Gasteiger partial charge in [-0.25, -0.2) is 13.9 Å². The minimum absolute atomic E-state index is 0.266. The fourth-order valence-electron chi connectivity index (χ4n) is 2.64. The number of aromatic nitrogens is 3. The molecule has 4 N–H and O–H groups in total. The van der Waals surface area contributed by atoms with Crippen molar-refractivity contribution in [2.75, 3.05) is 12.3 Å². The van der Waals surface area contributed by atoms with Crippen LogP contribution in [0.15, 0.2) is 18.5 Å². The molecule has 0 amide bonds. The van der Waals surface area contributed by atoms with Crippen molar-refractivity contribution >= 4 is 11.3 Å². The Morgan fingerprint density at radius 2 is 2.30 bits per heavy atom. The fourth-order valence-corrected chi connectivity index (χ4v) is 2.64. The van der Waals surface area contributed by atoms with Crippen molar-refractivity contribution in [2.45, 2.75) is 30.9 Å². The molecule has 7 nitrogen and oxygen atoms in total. The first-order valence-electron chi connectivity index (χ1n) is 6.18. The summed E-state index contributed by atoms with van der Waals surface area (Å²) in [5, 5.41) is 23.0. The van der Waals surface area contributed by atoms with Gasteiger partial charge < -0.3 is 20.7 Å². The molecule has 3 rings (SSSR count). The van der Waals surface area contributed by atoms with E-state index in [-0.39, 0.29) is 5.82 Å². The lowest BCUT2D eigenvalue weighted by atomic mass is 9.94. The summed E-state index contributed by atoms with van der Waals surface area (Å²) < 4.78 is 21.4. The summed E-state index contributed by atoms with van der Waals surface area (Å²) in [7, 11) is 0. The zero-order valence-electron chi connectivity index (χ0n) is 10.8. The number of hydrogen-bond acceptors (Lipinski definition) is 6. The maximum atomic E-state index is 14.4. The maximum absolute atomic E-state index is 14.4. The second-order valence-electron chi connectivity index (χ2n) is 5.00. The van der Waals surface area contributed by atoms with Crippen LogP contribution < -0.4 is 5.73 Å². The lowest BCUT2D eigenvalue weighted by Crippen LogP contribution is -2.36. The summed E-state index contributed by atoms with van der Waals surface area (Å²) >= 11 is 0. The summed E-state index contributed by atoms with van der Waals surface area (Å²) in [6.07, 6.45) is -2.79. The van der Waals surface area contributed by atoms with Crippen LogP contribution in [0.3, 0.4) is 0 Å². The summed E-state index contributed by atoms with van der Waals surface area (Å²) in [6, 6.07) is 3.28.